The molecule has 1 heterocycles. The van der Waals surface area contributed by atoms with Gasteiger partial charge >= 0.3 is 0 Å². The maximum absolute atomic E-state index is 6.14. The van der Waals surface area contributed by atoms with Gasteiger partial charge in [-0.2, -0.15) is 0 Å². The van der Waals surface area contributed by atoms with Gasteiger partial charge in [-0.25, -0.2) is 9.97 Å². The number of halogens is 1. The summed E-state index contributed by atoms with van der Waals surface area (Å²) in [6.07, 6.45) is 3.29. The molecular formula is C19H19ClN2O2. The summed E-state index contributed by atoms with van der Waals surface area (Å²) in [6.45, 7) is 3.20. The van der Waals surface area contributed by atoms with E-state index >= 15 is 0 Å². The first-order chi connectivity index (χ1) is 11.7. The van der Waals surface area contributed by atoms with Crippen molar-refractivity contribution in [1.29, 1.82) is 0 Å². The van der Waals surface area contributed by atoms with Crippen LogP contribution in [-0.4, -0.2) is 23.2 Å². The van der Waals surface area contributed by atoms with Crippen LogP contribution in [0.5, 0.6) is 11.6 Å². The Balaban J connectivity index is 1.44. The lowest BCUT2D eigenvalue weighted by molar-refractivity contribution is 0.263. The van der Waals surface area contributed by atoms with Gasteiger partial charge in [0.2, 0.25) is 5.88 Å². The summed E-state index contributed by atoms with van der Waals surface area (Å²) >= 11 is 6.14. The van der Waals surface area contributed by atoms with Crippen molar-refractivity contribution >= 4 is 22.5 Å². The Kier molecular flexibility index (Phi) is 5.49. The van der Waals surface area contributed by atoms with Gasteiger partial charge in [0.25, 0.3) is 0 Å². The van der Waals surface area contributed by atoms with Gasteiger partial charge in [0.1, 0.15) is 12.1 Å². The summed E-state index contributed by atoms with van der Waals surface area (Å²) in [5.74, 6) is 1.35. The van der Waals surface area contributed by atoms with Crippen LogP contribution in [-0.2, 0) is 0 Å². The van der Waals surface area contributed by atoms with Gasteiger partial charge in [-0.3, -0.25) is 0 Å². The molecule has 0 amide bonds. The number of benzene rings is 2. The van der Waals surface area contributed by atoms with Gasteiger partial charge in [-0.15, -0.1) is 0 Å². The molecule has 0 radical (unpaired) electrons. The maximum Gasteiger partial charge on any atom is 0.224 e. The highest BCUT2D eigenvalue weighted by Crippen LogP contribution is 2.25. The maximum atomic E-state index is 6.14. The second kappa shape index (κ2) is 7.97. The van der Waals surface area contributed by atoms with E-state index in [4.69, 9.17) is 21.1 Å². The van der Waals surface area contributed by atoms with Crippen molar-refractivity contribution in [2.24, 2.45) is 0 Å². The van der Waals surface area contributed by atoms with Crippen LogP contribution in [0.2, 0.25) is 5.02 Å². The quantitative estimate of drug-likeness (QED) is 0.577. The van der Waals surface area contributed by atoms with E-state index in [1.807, 2.05) is 49.4 Å². The van der Waals surface area contributed by atoms with Gasteiger partial charge in [-0.1, -0.05) is 29.8 Å². The molecule has 4 nitrogen and oxygen atoms in total. The van der Waals surface area contributed by atoms with Crippen molar-refractivity contribution < 1.29 is 9.47 Å². The van der Waals surface area contributed by atoms with Gasteiger partial charge < -0.3 is 9.47 Å². The van der Waals surface area contributed by atoms with Crippen molar-refractivity contribution in [3.8, 4) is 11.6 Å². The summed E-state index contributed by atoms with van der Waals surface area (Å²) < 4.78 is 11.5. The molecule has 124 valence electrons. The lowest BCUT2D eigenvalue weighted by Gasteiger charge is -2.09. The number of aromatic nitrogens is 2. The Labute approximate surface area is 146 Å². The Bertz CT molecular complexity index is 818. The highest BCUT2D eigenvalue weighted by Gasteiger charge is 2.04. The first-order valence-electron chi connectivity index (χ1n) is 7.95. The van der Waals surface area contributed by atoms with E-state index in [1.165, 1.54) is 6.33 Å². The Morgan fingerprint density at radius 1 is 0.958 bits per heavy atom. The van der Waals surface area contributed by atoms with Crippen molar-refractivity contribution in [3.63, 3.8) is 0 Å². The smallest absolute Gasteiger partial charge is 0.224 e. The van der Waals surface area contributed by atoms with Crippen LogP contribution >= 0.6 is 11.6 Å². The molecule has 2 aromatic carbocycles. The zero-order valence-corrected chi connectivity index (χ0v) is 14.3. The van der Waals surface area contributed by atoms with E-state index in [1.54, 1.807) is 0 Å². The molecule has 0 saturated heterocycles. The number of hydrogen-bond acceptors (Lipinski definition) is 4. The molecule has 0 fully saturated rings. The highest BCUT2D eigenvalue weighted by atomic mass is 35.5. The van der Waals surface area contributed by atoms with Crippen LogP contribution < -0.4 is 9.47 Å². The lowest BCUT2D eigenvalue weighted by Crippen LogP contribution is -2.04. The van der Waals surface area contributed by atoms with E-state index < -0.39 is 0 Å². The van der Waals surface area contributed by atoms with Crippen LogP contribution in [0.25, 0.3) is 10.9 Å². The Morgan fingerprint density at radius 3 is 2.58 bits per heavy atom. The molecule has 24 heavy (non-hydrogen) atoms. The average molecular weight is 343 g/mol. The summed E-state index contributed by atoms with van der Waals surface area (Å²) in [4.78, 5) is 8.43. The zero-order valence-electron chi connectivity index (χ0n) is 13.5. The van der Waals surface area contributed by atoms with Crippen LogP contribution in [0.3, 0.4) is 0 Å². The second-order valence-electron chi connectivity index (χ2n) is 5.53. The molecule has 0 bridgehead atoms. The summed E-state index contributed by atoms with van der Waals surface area (Å²) in [5.41, 5.74) is 2.01. The monoisotopic (exact) mass is 342 g/mol. The molecule has 0 N–H and O–H groups in total. The number of ether oxygens (including phenoxy) is 2. The number of aryl methyl sites for hydroxylation is 1. The average Bonchev–Trinajstić information content (AvgIpc) is 2.59. The SMILES string of the molecule is Cc1ccc(OCCCCOc2ncnc3ccccc23)c(Cl)c1. The van der Waals surface area contributed by atoms with Gasteiger partial charge in [0.15, 0.2) is 0 Å². The summed E-state index contributed by atoms with van der Waals surface area (Å²) in [6, 6.07) is 13.6. The van der Waals surface area contributed by atoms with E-state index in [0.717, 1.165) is 35.1 Å². The van der Waals surface area contributed by atoms with Crippen LogP contribution in [0, 0.1) is 6.92 Å². The van der Waals surface area contributed by atoms with Crippen molar-refractivity contribution in [2.45, 2.75) is 19.8 Å². The third-order valence-electron chi connectivity index (χ3n) is 3.63. The van der Waals surface area contributed by atoms with Gasteiger partial charge in [0.05, 0.1) is 29.1 Å². The number of nitrogens with zero attached hydrogens (tertiary/aromatic N) is 2. The fraction of sp³-hybridized carbons (Fsp3) is 0.263. The topological polar surface area (TPSA) is 44.2 Å². The molecule has 1 aromatic heterocycles. The minimum absolute atomic E-state index is 0.589. The summed E-state index contributed by atoms with van der Waals surface area (Å²) in [7, 11) is 0. The number of unbranched alkanes of at least 4 members (excludes halogenated alkanes) is 1. The largest absolute Gasteiger partial charge is 0.492 e. The predicted octanol–water partition coefficient (Wildman–Crippen LogP) is 4.83. The first-order valence-corrected chi connectivity index (χ1v) is 8.33. The Hall–Kier alpha value is -2.33. The lowest BCUT2D eigenvalue weighted by atomic mass is 10.2. The van der Waals surface area contributed by atoms with Gasteiger partial charge in [-0.05, 0) is 49.6 Å². The first kappa shape index (κ1) is 16.5. The molecule has 0 spiro atoms. The number of hydrogen-bond donors (Lipinski definition) is 0. The van der Waals surface area contributed by atoms with Crippen molar-refractivity contribution in [3.05, 3.63) is 59.4 Å². The number of fused-ring (bicyclic) bond motifs is 1. The summed E-state index contributed by atoms with van der Waals surface area (Å²) in [5, 5.41) is 1.58. The van der Waals surface area contributed by atoms with Crippen LogP contribution in [0.15, 0.2) is 48.8 Å². The van der Waals surface area contributed by atoms with Crippen LogP contribution in [0.1, 0.15) is 18.4 Å². The van der Waals surface area contributed by atoms with Crippen molar-refractivity contribution in [2.75, 3.05) is 13.2 Å². The van der Waals surface area contributed by atoms with E-state index in [9.17, 15) is 0 Å². The van der Waals surface area contributed by atoms with E-state index in [2.05, 4.69) is 9.97 Å². The molecule has 0 aliphatic carbocycles. The number of para-hydroxylation sites is 1. The molecule has 3 aromatic rings. The molecule has 0 unspecified atom stereocenters. The third kappa shape index (κ3) is 4.15. The zero-order chi connectivity index (χ0) is 16.8. The number of rotatable bonds is 7. The Morgan fingerprint density at radius 2 is 1.75 bits per heavy atom. The molecule has 0 atom stereocenters. The molecular weight excluding hydrogens is 324 g/mol. The fourth-order valence-electron chi connectivity index (χ4n) is 2.37. The highest BCUT2D eigenvalue weighted by molar-refractivity contribution is 6.32. The van der Waals surface area contributed by atoms with Crippen molar-refractivity contribution in [1.82, 2.24) is 9.97 Å². The normalized spacial score (nSPS) is 10.8. The van der Waals surface area contributed by atoms with E-state index in [0.29, 0.717) is 24.1 Å². The minimum atomic E-state index is 0.589. The molecule has 5 heteroatoms. The third-order valence-corrected chi connectivity index (χ3v) is 3.92. The molecule has 0 saturated carbocycles. The minimum Gasteiger partial charge on any atom is -0.492 e. The van der Waals surface area contributed by atoms with E-state index in [-0.39, 0.29) is 0 Å². The second-order valence-corrected chi connectivity index (χ2v) is 5.94. The fourth-order valence-corrected chi connectivity index (χ4v) is 2.66. The molecule has 0 aliphatic heterocycles. The van der Waals surface area contributed by atoms with Crippen LogP contribution in [0.4, 0.5) is 0 Å². The predicted molar refractivity (Wildman–Crippen MR) is 96.0 cm³/mol. The van der Waals surface area contributed by atoms with Gasteiger partial charge in [0, 0.05) is 0 Å². The molecule has 0 aliphatic rings. The standard InChI is InChI=1S/C19H19ClN2O2/c1-14-8-9-18(16(20)12-14)23-10-4-5-11-24-19-15-6-2-3-7-17(15)21-13-22-19/h2-3,6-9,12-13H,4-5,10-11H2,1H3. The molecule has 3 rings (SSSR count).